The molecule has 0 aliphatic carbocycles. The van der Waals surface area contributed by atoms with Gasteiger partial charge in [-0.15, -0.1) is 0 Å². The maximum Gasteiger partial charge on any atom is 0.119 e. The van der Waals surface area contributed by atoms with Gasteiger partial charge in [0.2, 0.25) is 0 Å². The zero-order chi connectivity index (χ0) is 13.4. The quantitative estimate of drug-likeness (QED) is 0.696. The smallest absolute Gasteiger partial charge is 0.119 e. The van der Waals surface area contributed by atoms with E-state index in [-0.39, 0.29) is 12.1 Å². The summed E-state index contributed by atoms with van der Waals surface area (Å²) in [7, 11) is 0. The fourth-order valence-corrected chi connectivity index (χ4v) is 1.47. The van der Waals surface area contributed by atoms with E-state index in [9.17, 15) is 5.11 Å². The van der Waals surface area contributed by atoms with Gasteiger partial charge in [-0.1, -0.05) is 31.7 Å². The van der Waals surface area contributed by atoms with Crippen LogP contribution in [0.2, 0.25) is 0 Å². The van der Waals surface area contributed by atoms with E-state index in [2.05, 4.69) is 18.8 Å². The van der Waals surface area contributed by atoms with Gasteiger partial charge in [0.15, 0.2) is 0 Å². The monoisotopic (exact) mass is 249 g/mol. The fourth-order valence-electron chi connectivity index (χ4n) is 1.47. The lowest BCUT2D eigenvalue weighted by molar-refractivity contribution is 0.169. The minimum atomic E-state index is -0.210. The molecule has 0 bridgehead atoms. The largest absolute Gasteiger partial charge is 0.490 e. The molecule has 2 N–H and O–H groups in total. The van der Waals surface area contributed by atoms with Crippen LogP contribution in [0.1, 0.15) is 25.8 Å². The zero-order valence-electron chi connectivity index (χ0n) is 11.3. The van der Waals surface area contributed by atoms with Crippen LogP contribution in [0.4, 0.5) is 0 Å². The normalized spacial score (nSPS) is 13.9. The molecule has 0 aliphatic rings. The van der Waals surface area contributed by atoms with Crippen molar-refractivity contribution in [2.45, 2.75) is 32.4 Å². The molecular formula is C15H23NO2. The molecule has 3 heteroatoms. The van der Waals surface area contributed by atoms with E-state index < -0.39 is 0 Å². The minimum Gasteiger partial charge on any atom is -0.490 e. The van der Waals surface area contributed by atoms with Gasteiger partial charge < -0.3 is 15.2 Å². The van der Waals surface area contributed by atoms with Gasteiger partial charge in [0.1, 0.15) is 12.4 Å². The molecule has 1 aromatic carbocycles. The van der Waals surface area contributed by atoms with Crippen LogP contribution in [0, 0.1) is 0 Å². The van der Waals surface area contributed by atoms with Crippen LogP contribution in [0.5, 0.6) is 5.75 Å². The summed E-state index contributed by atoms with van der Waals surface area (Å²) >= 11 is 0. The Hall–Kier alpha value is -1.32. The van der Waals surface area contributed by atoms with Crippen molar-refractivity contribution in [1.29, 1.82) is 0 Å². The molecule has 0 aliphatic heterocycles. The van der Waals surface area contributed by atoms with Gasteiger partial charge in [-0.3, -0.25) is 0 Å². The molecule has 18 heavy (non-hydrogen) atoms. The lowest BCUT2D eigenvalue weighted by Gasteiger charge is -2.27. The van der Waals surface area contributed by atoms with Gasteiger partial charge in [-0.2, -0.15) is 0 Å². The van der Waals surface area contributed by atoms with Gasteiger partial charge in [0, 0.05) is 12.1 Å². The van der Waals surface area contributed by atoms with Crippen LogP contribution < -0.4 is 10.1 Å². The average Bonchev–Trinajstić information content (AvgIpc) is 2.43. The Balaban J connectivity index is 2.50. The van der Waals surface area contributed by atoms with Crippen molar-refractivity contribution < 1.29 is 9.84 Å². The molecule has 0 saturated heterocycles. The van der Waals surface area contributed by atoms with Crippen LogP contribution in [0.3, 0.4) is 0 Å². The first-order valence-electron chi connectivity index (χ1n) is 6.32. The van der Waals surface area contributed by atoms with Gasteiger partial charge in [-0.25, -0.2) is 0 Å². The predicted molar refractivity (Wildman–Crippen MR) is 74.8 cm³/mol. The molecule has 0 heterocycles. The maximum absolute atomic E-state index is 9.31. The van der Waals surface area contributed by atoms with Gasteiger partial charge in [0.25, 0.3) is 0 Å². The summed E-state index contributed by atoms with van der Waals surface area (Å²) in [6.07, 6.45) is 2.62. The topological polar surface area (TPSA) is 41.5 Å². The predicted octanol–water partition coefficient (Wildman–Crippen LogP) is 2.50. The van der Waals surface area contributed by atoms with Crippen LogP contribution in [0.25, 0.3) is 0 Å². The third-order valence-corrected chi connectivity index (χ3v) is 3.14. The number of aliphatic hydroxyl groups excluding tert-OH is 1. The lowest BCUT2D eigenvalue weighted by Crippen LogP contribution is -2.44. The SMILES string of the molecule is C=CCOc1ccc(CNC(C)(CC)CO)cc1. The van der Waals surface area contributed by atoms with E-state index >= 15 is 0 Å². The second kappa shape index (κ2) is 7.19. The molecule has 0 saturated carbocycles. The van der Waals surface area contributed by atoms with Crippen LogP contribution in [-0.4, -0.2) is 23.9 Å². The Labute approximate surface area is 109 Å². The Morgan fingerprint density at radius 1 is 1.39 bits per heavy atom. The van der Waals surface area contributed by atoms with E-state index in [1.807, 2.05) is 31.2 Å². The average molecular weight is 249 g/mol. The highest BCUT2D eigenvalue weighted by Gasteiger charge is 2.19. The van der Waals surface area contributed by atoms with Crippen molar-refractivity contribution in [3.63, 3.8) is 0 Å². The molecular weight excluding hydrogens is 226 g/mol. The maximum atomic E-state index is 9.31. The molecule has 0 aromatic heterocycles. The van der Waals surface area contributed by atoms with E-state index in [1.165, 1.54) is 5.56 Å². The number of aliphatic hydroxyl groups is 1. The standard InChI is InChI=1S/C15H23NO2/c1-4-10-18-14-8-6-13(7-9-14)11-16-15(3,5-2)12-17/h4,6-9,16-17H,1,5,10-12H2,2-3H3. The van der Waals surface area contributed by atoms with Crippen molar-refractivity contribution in [2.24, 2.45) is 0 Å². The third kappa shape index (κ3) is 4.51. The molecule has 0 spiro atoms. The zero-order valence-corrected chi connectivity index (χ0v) is 11.3. The first-order chi connectivity index (χ1) is 8.63. The number of ether oxygens (including phenoxy) is 1. The molecule has 1 rings (SSSR count). The highest BCUT2D eigenvalue weighted by molar-refractivity contribution is 5.27. The Morgan fingerprint density at radius 2 is 2.06 bits per heavy atom. The highest BCUT2D eigenvalue weighted by Crippen LogP contribution is 2.14. The summed E-state index contributed by atoms with van der Waals surface area (Å²) in [5.74, 6) is 0.846. The summed E-state index contributed by atoms with van der Waals surface area (Å²) < 4.78 is 5.42. The first kappa shape index (κ1) is 14.7. The highest BCUT2D eigenvalue weighted by atomic mass is 16.5. The molecule has 1 atom stereocenters. The number of benzene rings is 1. The van der Waals surface area contributed by atoms with Gasteiger partial charge in [-0.05, 0) is 31.0 Å². The second-order valence-corrected chi connectivity index (χ2v) is 4.67. The van der Waals surface area contributed by atoms with Crippen molar-refractivity contribution in [3.05, 3.63) is 42.5 Å². The van der Waals surface area contributed by atoms with E-state index in [4.69, 9.17) is 4.74 Å². The third-order valence-electron chi connectivity index (χ3n) is 3.14. The number of nitrogens with one attached hydrogen (secondary N) is 1. The second-order valence-electron chi connectivity index (χ2n) is 4.67. The van der Waals surface area contributed by atoms with Crippen LogP contribution in [-0.2, 0) is 6.54 Å². The molecule has 1 aromatic rings. The lowest BCUT2D eigenvalue weighted by atomic mass is 10.00. The fraction of sp³-hybridized carbons (Fsp3) is 0.467. The van der Waals surface area contributed by atoms with Crippen molar-refractivity contribution >= 4 is 0 Å². The van der Waals surface area contributed by atoms with Crippen LogP contribution in [0.15, 0.2) is 36.9 Å². The summed E-state index contributed by atoms with van der Waals surface area (Å²) in [6, 6.07) is 7.95. The summed E-state index contributed by atoms with van der Waals surface area (Å²) in [5, 5.41) is 12.7. The molecule has 1 unspecified atom stereocenters. The van der Waals surface area contributed by atoms with Crippen LogP contribution >= 0.6 is 0 Å². The summed E-state index contributed by atoms with van der Waals surface area (Å²) in [6.45, 7) is 9.11. The first-order valence-corrected chi connectivity index (χ1v) is 6.32. The Bertz CT molecular complexity index is 355. The number of rotatable bonds is 8. The number of hydrogen-bond acceptors (Lipinski definition) is 3. The minimum absolute atomic E-state index is 0.143. The van der Waals surface area contributed by atoms with Crippen molar-refractivity contribution in [2.75, 3.05) is 13.2 Å². The van der Waals surface area contributed by atoms with Crippen molar-refractivity contribution in [3.8, 4) is 5.75 Å². The van der Waals surface area contributed by atoms with Crippen molar-refractivity contribution in [1.82, 2.24) is 5.32 Å². The Morgan fingerprint density at radius 3 is 2.56 bits per heavy atom. The summed E-state index contributed by atoms with van der Waals surface area (Å²) in [5.41, 5.74) is 0.965. The summed E-state index contributed by atoms with van der Waals surface area (Å²) in [4.78, 5) is 0. The molecule has 0 fully saturated rings. The molecule has 3 nitrogen and oxygen atoms in total. The molecule has 0 amide bonds. The van der Waals surface area contributed by atoms with E-state index in [0.717, 1.165) is 18.7 Å². The van der Waals surface area contributed by atoms with Gasteiger partial charge in [0.05, 0.1) is 6.61 Å². The number of hydrogen-bond donors (Lipinski definition) is 2. The van der Waals surface area contributed by atoms with E-state index in [0.29, 0.717) is 6.61 Å². The Kier molecular flexibility index (Phi) is 5.89. The molecule has 100 valence electrons. The van der Waals surface area contributed by atoms with Gasteiger partial charge >= 0.3 is 0 Å². The van der Waals surface area contributed by atoms with E-state index in [1.54, 1.807) is 6.08 Å². The molecule has 0 radical (unpaired) electrons.